The van der Waals surface area contributed by atoms with E-state index >= 15 is 0 Å². The van der Waals surface area contributed by atoms with Crippen molar-refractivity contribution in [2.45, 2.75) is 32.0 Å². The highest BCUT2D eigenvalue weighted by atomic mass is 35.5. The van der Waals surface area contributed by atoms with E-state index in [1.165, 1.54) is 11.3 Å². The maximum atomic E-state index is 6.13. The Labute approximate surface area is 110 Å². The third kappa shape index (κ3) is 2.90. The molecule has 1 N–H and O–H groups in total. The summed E-state index contributed by atoms with van der Waals surface area (Å²) < 4.78 is 7.48. The van der Waals surface area contributed by atoms with Crippen molar-refractivity contribution in [3.8, 4) is 0 Å². The summed E-state index contributed by atoms with van der Waals surface area (Å²) in [4.78, 5) is 0. The topological polar surface area (TPSA) is 21.3 Å². The molecule has 16 heavy (non-hydrogen) atoms. The molecule has 2 unspecified atom stereocenters. The molecule has 1 aliphatic rings. The van der Waals surface area contributed by atoms with Crippen molar-refractivity contribution >= 4 is 34.5 Å². The minimum atomic E-state index is 0.0431. The minimum absolute atomic E-state index is 0.0431. The summed E-state index contributed by atoms with van der Waals surface area (Å²) >= 11 is 13.5. The Hall–Kier alpha value is 0.200. The van der Waals surface area contributed by atoms with Gasteiger partial charge in [0.15, 0.2) is 0 Å². The highest BCUT2D eigenvalue weighted by Crippen LogP contribution is 2.37. The predicted molar refractivity (Wildman–Crippen MR) is 69.7 cm³/mol. The lowest BCUT2D eigenvalue weighted by molar-refractivity contribution is -0.0422. The van der Waals surface area contributed by atoms with Crippen LogP contribution in [0.1, 0.15) is 31.4 Å². The largest absolute Gasteiger partial charge is 0.368 e. The summed E-state index contributed by atoms with van der Waals surface area (Å²) in [5.74, 6) is 0. The lowest BCUT2D eigenvalue weighted by Crippen LogP contribution is -2.40. The number of hydrogen-bond donors (Lipinski definition) is 1. The Balaban J connectivity index is 2.06. The molecule has 1 aliphatic heterocycles. The smallest absolute Gasteiger partial charge is 0.100 e. The summed E-state index contributed by atoms with van der Waals surface area (Å²) in [6.45, 7) is 3.91. The standard InChI is InChI=1S/C11H15Cl2NOS/c1-2-3-7-5-14-6-9(15-7)8-4-10(12)16-11(8)13/h4,7,9,14H,2-3,5-6H2,1H3. The first-order chi connectivity index (χ1) is 7.70. The molecule has 2 atom stereocenters. The van der Waals surface area contributed by atoms with E-state index in [4.69, 9.17) is 27.9 Å². The van der Waals surface area contributed by atoms with E-state index in [0.717, 1.165) is 40.2 Å². The second kappa shape index (κ2) is 5.69. The second-order valence-corrected chi connectivity index (χ2v) is 6.26. The highest BCUT2D eigenvalue weighted by molar-refractivity contribution is 7.20. The fourth-order valence-corrected chi connectivity index (χ4v) is 3.51. The van der Waals surface area contributed by atoms with Gasteiger partial charge in [0, 0.05) is 18.7 Å². The summed E-state index contributed by atoms with van der Waals surface area (Å²) in [5, 5.41) is 3.38. The molecular weight excluding hydrogens is 265 g/mol. The van der Waals surface area contributed by atoms with Crippen molar-refractivity contribution in [1.29, 1.82) is 0 Å². The summed E-state index contributed by atoms with van der Waals surface area (Å²) in [5.41, 5.74) is 1.02. The van der Waals surface area contributed by atoms with Crippen LogP contribution in [0.5, 0.6) is 0 Å². The SMILES string of the molecule is CCCC1CNCC(c2cc(Cl)sc2Cl)O1. The molecule has 1 saturated heterocycles. The molecule has 0 aromatic carbocycles. The van der Waals surface area contributed by atoms with E-state index < -0.39 is 0 Å². The maximum absolute atomic E-state index is 6.13. The van der Waals surface area contributed by atoms with Crippen LogP contribution in [0, 0.1) is 0 Å². The van der Waals surface area contributed by atoms with Crippen LogP contribution in [0.4, 0.5) is 0 Å². The van der Waals surface area contributed by atoms with Gasteiger partial charge in [0.1, 0.15) is 4.34 Å². The number of nitrogens with one attached hydrogen (secondary N) is 1. The number of rotatable bonds is 3. The predicted octanol–water partition coefficient (Wildman–Crippen LogP) is 3.88. The van der Waals surface area contributed by atoms with Crippen molar-refractivity contribution in [2.75, 3.05) is 13.1 Å². The molecule has 1 aromatic heterocycles. The summed E-state index contributed by atoms with van der Waals surface area (Å²) in [6, 6.07) is 1.91. The molecule has 0 bridgehead atoms. The molecule has 0 aliphatic carbocycles. The zero-order valence-electron chi connectivity index (χ0n) is 9.13. The fourth-order valence-electron chi connectivity index (χ4n) is 1.95. The van der Waals surface area contributed by atoms with Gasteiger partial charge >= 0.3 is 0 Å². The number of hydrogen-bond acceptors (Lipinski definition) is 3. The van der Waals surface area contributed by atoms with E-state index in [-0.39, 0.29) is 6.10 Å². The van der Waals surface area contributed by atoms with Gasteiger partial charge in [-0.2, -0.15) is 0 Å². The molecule has 0 saturated carbocycles. The van der Waals surface area contributed by atoms with Crippen LogP contribution in [-0.2, 0) is 4.74 Å². The van der Waals surface area contributed by atoms with Crippen LogP contribution < -0.4 is 5.32 Å². The third-order valence-corrected chi connectivity index (χ3v) is 4.22. The molecule has 2 rings (SSSR count). The first-order valence-corrected chi connectivity index (χ1v) is 7.09. The van der Waals surface area contributed by atoms with Gasteiger partial charge < -0.3 is 10.1 Å². The molecule has 90 valence electrons. The molecule has 0 spiro atoms. The van der Waals surface area contributed by atoms with Crippen molar-refractivity contribution < 1.29 is 4.74 Å². The van der Waals surface area contributed by atoms with Gasteiger partial charge in [0.2, 0.25) is 0 Å². The van der Waals surface area contributed by atoms with Crippen LogP contribution in [0.25, 0.3) is 0 Å². The fraction of sp³-hybridized carbons (Fsp3) is 0.636. The van der Waals surface area contributed by atoms with Crippen LogP contribution in [0.3, 0.4) is 0 Å². The van der Waals surface area contributed by atoms with E-state index in [2.05, 4.69) is 12.2 Å². The molecule has 1 aromatic rings. The Morgan fingerprint density at radius 2 is 2.31 bits per heavy atom. The van der Waals surface area contributed by atoms with Crippen molar-refractivity contribution in [3.05, 3.63) is 20.3 Å². The van der Waals surface area contributed by atoms with E-state index in [1.807, 2.05) is 6.07 Å². The molecular formula is C11H15Cl2NOS. The van der Waals surface area contributed by atoms with Crippen molar-refractivity contribution in [1.82, 2.24) is 5.32 Å². The van der Waals surface area contributed by atoms with E-state index in [1.54, 1.807) is 0 Å². The molecule has 5 heteroatoms. The average Bonchev–Trinajstić information content (AvgIpc) is 2.59. The average molecular weight is 280 g/mol. The second-order valence-electron chi connectivity index (χ2n) is 3.97. The van der Waals surface area contributed by atoms with Crippen LogP contribution in [-0.4, -0.2) is 19.2 Å². The monoisotopic (exact) mass is 279 g/mol. The van der Waals surface area contributed by atoms with E-state index in [9.17, 15) is 0 Å². The lowest BCUT2D eigenvalue weighted by Gasteiger charge is -2.30. The summed E-state index contributed by atoms with van der Waals surface area (Å²) in [6.07, 6.45) is 2.55. The minimum Gasteiger partial charge on any atom is -0.368 e. The van der Waals surface area contributed by atoms with E-state index in [0.29, 0.717) is 6.10 Å². The first-order valence-electron chi connectivity index (χ1n) is 5.51. The van der Waals surface area contributed by atoms with Gasteiger partial charge in [0.25, 0.3) is 0 Å². The summed E-state index contributed by atoms with van der Waals surface area (Å²) in [7, 11) is 0. The Kier molecular flexibility index (Phi) is 4.50. The number of halogens is 2. The van der Waals surface area contributed by atoms with Crippen LogP contribution in [0.15, 0.2) is 6.07 Å². The normalized spacial score (nSPS) is 25.9. The van der Waals surface area contributed by atoms with Gasteiger partial charge in [-0.15, -0.1) is 11.3 Å². The zero-order valence-corrected chi connectivity index (χ0v) is 11.5. The number of morpholine rings is 1. The maximum Gasteiger partial charge on any atom is 0.100 e. The van der Waals surface area contributed by atoms with Gasteiger partial charge in [-0.05, 0) is 12.5 Å². The van der Waals surface area contributed by atoms with Crippen molar-refractivity contribution in [3.63, 3.8) is 0 Å². The van der Waals surface area contributed by atoms with Gasteiger partial charge in [-0.1, -0.05) is 36.5 Å². The van der Waals surface area contributed by atoms with Crippen LogP contribution in [0.2, 0.25) is 8.67 Å². The molecule has 2 heterocycles. The number of ether oxygens (including phenoxy) is 1. The Morgan fingerprint density at radius 3 is 2.94 bits per heavy atom. The lowest BCUT2D eigenvalue weighted by atomic mass is 10.1. The third-order valence-electron chi connectivity index (χ3n) is 2.70. The Morgan fingerprint density at radius 1 is 1.50 bits per heavy atom. The number of thiophene rings is 1. The Bertz CT molecular complexity index is 354. The molecule has 0 radical (unpaired) electrons. The molecule has 2 nitrogen and oxygen atoms in total. The van der Waals surface area contributed by atoms with Crippen LogP contribution >= 0.6 is 34.5 Å². The molecule has 1 fully saturated rings. The quantitative estimate of drug-likeness (QED) is 0.907. The van der Waals surface area contributed by atoms with Gasteiger partial charge in [-0.3, -0.25) is 0 Å². The first kappa shape index (κ1) is 12.7. The highest BCUT2D eigenvalue weighted by Gasteiger charge is 2.25. The van der Waals surface area contributed by atoms with Crippen molar-refractivity contribution in [2.24, 2.45) is 0 Å². The molecule has 0 amide bonds. The zero-order chi connectivity index (χ0) is 11.5. The van der Waals surface area contributed by atoms with Gasteiger partial charge in [-0.25, -0.2) is 0 Å². The van der Waals surface area contributed by atoms with Gasteiger partial charge in [0.05, 0.1) is 16.5 Å².